The lowest BCUT2D eigenvalue weighted by Gasteiger charge is -2.32. The molecule has 1 aliphatic heterocycles. The Kier molecular flexibility index (Phi) is 8.21. The highest BCUT2D eigenvalue weighted by Crippen LogP contribution is 2.33. The Morgan fingerprint density at radius 3 is 2.14 bits per heavy atom. The fraction of sp³-hybridized carbons (Fsp3) is 0.250. The van der Waals surface area contributed by atoms with Crippen molar-refractivity contribution in [3.05, 3.63) is 96.1 Å². The maximum Gasteiger partial charge on any atom is 0.238 e. The molecule has 0 saturated carbocycles. The largest absolute Gasteiger partial charge is 0.494 e. The fourth-order valence-corrected chi connectivity index (χ4v) is 5.08. The van der Waals surface area contributed by atoms with E-state index in [1.165, 1.54) is 11.8 Å². The molecule has 3 aromatic carbocycles. The van der Waals surface area contributed by atoms with Crippen LogP contribution < -0.4 is 10.1 Å². The number of nitrogens with zero attached hydrogens (tertiary/aromatic N) is 2. The van der Waals surface area contributed by atoms with Gasteiger partial charge in [-0.15, -0.1) is 0 Å². The predicted octanol–water partition coefficient (Wildman–Crippen LogP) is 5.52. The normalized spacial score (nSPS) is 17.0. The van der Waals surface area contributed by atoms with Crippen LogP contribution in [-0.4, -0.2) is 40.3 Å². The second kappa shape index (κ2) is 11.7. The number of hydrogen-bond acceptors (Lipinski definition) is 5. The molecule has 1 atom stereocenters. The number of ether oxygens (including phenoxy) is 1. The maximum absolute atomic E-state index is 13.1. The van der Waals surface area contributed by atoms with Crippen molar-refractivity contribution >= 4 is 34.4 Å². The van der Waals surface area contributed by atoms with Crippen molar-refractivity contribution in [2.75, 3.05) is 18.5 Å². The number of carbonyl (C=O) groups excluding carboxylic acids is 2. The van der Waals surface area contributed by atoms with Crippen LogP contribution in [0.25, 0.3) is 0 Å². The average Bonchev–Trinajstić information content (AvgIpc) is 2.89. The molecule has 180 valence electrons. The molecule has 1 aliphatic rings. The first-order valence-electron chi connectivity index (χ1n) is 11.8. The van der Waals surface area contributed by atoms with Crippen molar-refractivity contribution in [2.24, 2.45) is 4.99 Å². The fourth-order valence-electron chi connectivity index (χ4n) is 3.91. The number of amides is 2. The molecule has 0 aromatic heterocycles. The second-order valence-corrected chi connectivity index (χ2v) is 9.20. The van der Waals surface area contributed by atoms with E-state index in [9.17, 15) is 9.59 Å². The Morgan fingerprint density at radius 2 is 1.60 bits per heavy atom. The highest BCUT2D eigenvalue weighted by atomic mass is 32.2. The molecule has 35 heavy (non-hydrogen) atoms. The van der Waals surface area contributed by atoms with Crippen molar-refractivity contribution in [1.82, 2.24) is 4.90 Å². The van der Waals surface area contributed by atoms with Gasteiger partial charge in [0, 0.05) is 18.7 Å². The first-order chi connectivity index (χ1) is 17.1. The van der Waals surface area contributed by atoms with Crippen LogP contribution >= 0.6 is 11.8 Å². The van der Waals surface area contributed by atoms with E-state index < -0.39 is 5.25 Å². The zero-order chi connectivity index (χ0) is 24.6. The van der Waals surface area contributed by atoms with Gasteiger partial charge in [0.2, 0.25) is 11.8 Å². The smallest absolute Gasteiger partial charge is 0.238 e. The summed E-state index contributed by atoms with van der Waals surface area (Å²) in [7, 11) is 0. The van der Waals surface area contributed by atoms with Crippen molar-refractivity contribution in [1.29, 1.82) is 0 Å². The molecule has 0 unspecified atom stereocenters. The van der Waals surface area contributed by atoms with Crippen molar-refractivity contribution in [2.45, 2.75) is 31.6 Å². The predicted molar refractivity (Wildman–Crippen MR) is 142 cm³/mol. The lowest BCUT2D eigenvalue weighted by Crippen LogP contribution is -2.45. The van der Waals surface area contributed by atoms with Crippen LogP contribution in [0.2, 0.25) is 0 Å². The summed E-state index contributed by atoms with van der Waals surface area (Å²) in [6.45, 7) is 4.92. The molecule has 0 spiro atoms. The first kappa shape index (κ1) is 24.5. The molecule has 7 heteroatoms. The van der Waals surface area contributed by atoms with E-state index in [2.05, 4.69) is 5.32 Å². The number of rotatable bonds is 8. The van der Waals surface area contributed by atoms with E-state index in [1.54, 1.807) is 17.0 Å². The number of carbonyl (C=O) groups is 2. The summed E-state index contributed by atoms with van der Waals surface area (Å²) >= 11 is 1.34. The molecular weight excluding hydrogens is 458 g/mol. The Hall–Kier alpha value is -3.58. The lowest BCUT2D eigenvalue weighted by molar-refractivity contribution is -0.129. The van der Waals surface area contributed by atoms with Gasteiger partial charge in [-0.25, -0.2) is 4.99 Å². The minimum Gasteiger partial charge on any atom is -0.494 e. The van der Waals surface area contributed by atoms with Crippen LogP contribution in [-0.2, 0) is 9.59 Å². The van der Waals surface area contributed by atoms with Crippen LogP contribution in [0.4, 0.5) is 5.69 Å². The number of hydrogen-bond donors (Lipinski definition) is 1. The molecular formula is C28H29N3O3S. The van der Waals surface area contributed by atoms with Crippen LogP contribution in [0, 0.1) is 0 Å². The van der Waals surface area contributed by atoms with Crippen LogP contribution in [0.3, 0.4) is 0 Å². The van der Waals surface area contributed by atoms with Gasteiger partial charge in [-0.05, 0) is 49.2 Å². The van der Waals surface area contributed by atoms with E-state index in [4.69, 9.17) is 9.73 Å². The third kappa shape index (κ3) is 6.11. The topological polar surface area (TPSA) is 71.0 Å². The van der Waals surface area contributed by atoms with E-state index in [-0.39, 0.29) is 24.3 Å². The maximum atomic E-state index is 13.1. The molecule has 0 aliphatic carbocycles. The van der Waals surface area contributed by atoms with Gasteiger partial charge in [-0.2, -0.15) is 0 Å². The first-order valence-corrected chi connectivity index (χ1v) is 12.7. The zero-order valence-corrected chi connectivity index (χ0v) is 20.7. The van der Waals surface area contributed by atoms with Gasteiger partial charge in [0.25, 0.3) is 0 Å². The summed E-state index contributed by atoms with van der Waals surface area (Å²) in [5.74, 6) is 0.428. The van der Waals surface area contributed by atoms with Gasteiger partial charge < -0.3 is 10.1 Å². The quantitative estimate of drug-likeness (QED) is 0.454. The highest BCUT2D eigenvalue weighted by molar-refractivity contribution is 8.15. The lowest BCUT2D eigenvalue weighted by atomic mass is 9.99. The van der Waals surface area contributed by atoms with Gasteiger partial charge in [0.1, 0.15) is 17.0 Å². The SMILES string of the molecule is CCOc1ccc(NC(=O)[C@@H]2CC(=O)N(CC)C(=NC(c3ccccc3)c3ccccc3)S2)cc1. The number of anilines is 1. The molecule has 3 aromatic rings. The Morgan fingerprint density at radius 1 is 1.00 bits per heavy atom. The zero-order valence-electron chi connectivity index (χ0n) is 19.9. The summed E-state index contributed by atoms with van der Waals surface area (Å²) in [4.78, 5) is 32.8. The van der Waals surface area contributed by atoms with Gasteiger partial charge in [-0.1, -0.05) is 72.4 Å². The molecule has 1 heterocycles. The summed E-state index contributed by atoms with van der Waals surface area (Å²) in [5.41, 5.74) is 2.71. The van der Waals surface area contributed by atoms with Gasteiger partial charge in [-0.3, -0.25) is 14.5 Å². The van der Waals surface area contributed by atoms with Crippen LogP contribution in [0.15, 0.2) is 89.9 Å². The molecule has 0 bridgehead atoms. The second-order valence-electron chi connectivity index (χ2n) is 8.03. The molecule has 4 rings (SSSR count). The molecule has 0 radical (unpaired) electrons. The van der Waals surface area contributed by atoms with E-state index in [1.807, 2.05) is 86.6 Å². The molecule has 1 fully saturated rings. The third-order valence-electron chi connectivity index (χ3n) is 5.65. The summed E-state index contributed by atoms with van der Waals surface area (Å²) in [6, 6.07) is 26.9. The number of nitrogens with one attached hydrogen (secondary N) is 1. The van der Waals surface area contributed by atoms with E-state index in [0.717, 1.165) is 16.9 Å². The summed E-state index contributed by atoms with van der Waals surface area (Å²) in [6.07, 6.45) is 0.127. The Labute approximate surface area is 210 Å². The van der Waals surface area contributed by atoms with Crippen LogP contribution in [0.1, 0.15) is 37.4 Å². The van der Waals surface area contributed by atoms with Gasteiger partial charge in [0.15, 0.2) is 5.17 Å². The Bertz CT molecular complexity index is 1130. The number of benzene rings is 3. The van der Waals surface area contributed by atoms with E-state index in [0.29, 0.717) is 24.0 Å². The van der Waals surface area contributed by atoms with Gasteiger partial charge in [0.05, 0.1) is 6.61 Å². The average molecular weight is 488 g/mol. The minimum atomic E-state index is -0.567. The molecule has 6 nitrogen and oxygen atoms in total. The van der Waals surface area contributed by atoms with Crippen molar-refractivity contribution in [3.8, 4) is 5.75 Å². The third-order valence-corrected chi connectivity index (χ3v) is 6.85. The summed E-state index contributed by atoms with van der Waals surface area (Å²) in [5, 5.41) is 2.93. The van der Waals surface area contributed by atoms with Crippen molar-refractivity contribution < 1.29 is 14.3 Å². The highest BCUT2D eigenvalue weighted by Gasteiger charge is 2.35. The summed E-state index contributed by atoms with van der Waals surface area (Å²) < 4.78 is 5.46. The minimum absolute atomic E-state index is 0.100. The molecule has 1 saturated heterocycles. The van der Waals surface area contributed by atoms with Gasteiger partial charge >= 0.3 is 0 Å². The van der Waals surface area contributed by atoms with Crippen molar-refractivity contribution in [3.63, 3.8) is 0 Å². The number of aliphatic imine (C=N–C) groups is 1. The van der Waals surface area contributed by atoms with E-state index >= 15 is 0 Å². The van der Waals surface area contributed by atoms with Crippen LogP contribution in [0.5, 0.6) is 5.75 Å². The standard InChI is InChI=1S/C28H29N3O3S/c1-3-31-25(32)19-24(27(33)29-22-15-17-23(18-16-22)34-4-2)35-28(31)30-26(20-11-7-5-8-12-20)21-13-9-6-10-14-21/h5-18,24,26H,3-4,19H2,1-2H3,(H,29,33)/t24-/m0/s1. The molecule has 1 N–H and O–H groups in total. The Balaban J connectivity index is 1.60. The molecule has 2 amide bonds. The monoisotopic (exact) mass is 487 g/mol. The number of thioether (sulfide) groups is 1. The number of amidine groups is 1.